The van der Waals surface area contributed by atoms with Gasteiger partial charge in [-0.3, -0.25) is 4.79 Å². The Morgan fingerprint density at radius 2 is 1.49 bits per heavy atom. The first-order chi connectivity index (χ1) is 17.5. The van der Waals surface area contributed by atoms with Gasteiger partial charge in [0.2, 0.25) is 10.0 Å². The summed E-state index contributed by atoms with van der Waals surface area (Å²) in [5.41, 5.74) is 1.96. The summed E-state index contributed by atoms with van der Waals surface area (Å²) in [6, 6.07) is 17.2. The van der Waals surface area contributed by atoms with Gasteiger partial charge in [0.15, 0.2) is 0 Å². The van der Waals surface area contributed by atoms with E-state index in [0.717, 1.165) is 5.56 Å². The number of likely N-dealkylation sites (tertiary alicyclic amines) is 1. The molecule has 37 heavy (non-hydrogen) atoms. The van der Waals surface area contributed by atoms with Crippen LogP contribution in [0.1, 0.15) is 29.8 Å². The Kier molecular flexibility index (Phi) is 7.57. The Hall–Kier alpha value is -3.43. The zero-order valence-corrected chi connectivity index (χ0v) is 22.7. The van der Waals surface area contributed by atoms with E-state index in [2.05, 4.69) is 10.0 Å². The van der Waals surface area contributed by atoms with Gasteiger partial charge < -0.3 is 15.1 Å². The lowest BCUT2D eigenvalue weighted by molar-refractivity contribution is 0.102. The minimum atomic E-state index is -3.89. The number of aryl methyl sites for hydroxylation is 1. The molecule has 1 aliphatic rings. The highest BCUT2D eigenvalue weighted by atomic mass is 32.2. The maximum atomic E-state index is 13.6. The molecule has 0 aliphatic carbocycles. The highest BCUT2D eigenvalue weighted by Gasteiger charge is 2.37. The third kappa shape index (κ3) is 5.47. The molecule has 0 spiro atoms. The minimum absolute atomic E-state index is 0.0682. The van der Waals surface area contributed by atoms with Gasteiger partial charge in [0.1, 0.15) is 0 Å². The third-order valence-electron chi connectivity index (χ3n) is 7.00. The number of benzene rings is 3. The standard InChI is InChI=1S/C28H34N4O4S/c1-18-10-6-7-11-21(18)27(33)29-24-14-15-25(23-13-9-8-12-22(23)24)37(35,36)30-26-19(2)16-32(17-20(26)3)28(34)31(4)5/h6-15,19-20,26,30H,16-17H2,1-5H3,(H,29,33). The maximum absolute atomic E-state index is 13.6. The van der Waals surface area contributed by atoms with Crippen LogP contribution in [-0.4, -0.2) is 63.4 Å². The number of nitrogens with one attached hydrogen (secondary N) is 2. The molecule has 3 amide bonds. The van der Waals surface area contributed by atoms with Crippen LogP contribution in [0.2, 0.25) is 0 Å². The first-order valence-corrected chi connectivity index (χ1v) is 13.8. The van der Waals surface area contributed by atoms with Crippen LogP contribution >= 0.6 is 0 Å². The number of piperidine rings is 1. The fraction of sp³-hybridized carbons (Fsp3) is 0.357. The monoisotopic (exact) mass is 522 g/mol. The number of urea groups is 1. The average molecular weight is 523 g/mol. The second kappa shape index (κ2) is 10.5. The smallest absolute Gasteiger partial charge is 0.319 e. The molecule has 1 saturated heterocycles. The number of carbonyl (C=O) groups is 2. The van der Waals surface area contributed by atoms with Gasteiger partial charge in [0, 0.05) is 55.2 Å². The van der Waals surface area contributed by atoms with E-state index in [0.29, 0.717) is 35.1 Å². The summed E-state index contributed by atoms with van der Waals surface area (Å²) in [4.78, 5) is 28.8. The van der Waals surface area contributed by atoms with Crippen molar-refractivity contribution >= 4 is 38.4 Å². The lowest BCUT2D eigenvalue weighted by Crippen LogP contribution is -2.57. The fourth-order valence-electron chi connectivity index (χ4n) is 5.10. The maximum Gasteiger partial charge on any atom is 0.319 e. The molecule has 0 saturated carbocycles. The van der Waals surface area contributed by atoms with Crippen LogP contribution in [0.4, 0.5) is 10.5 Å². The van der Waals surface area contributed by atoms with Gasteiger partial charge in [0.25, 0.3) is 5.91 Å². The van der Waals surface area contributed by atoms with Crippen LogP contribution in [0.25, 0.3) is 10.8 Å². The summed E-state index contributed by atoms with van der Waals surface area (Å²) in [7, 11) is -0.461. The summed E-state index contributed by atoms with van der Waals surface area (Å²) in [5, 5.41) is 4.11. The second-order valence-corrected chi connectivity index (χ2v) is 11.8. The molecule has 2 atom stereocenters. The van der Waals surface area contributed by atoms with E-state index < -0.39 is 10.0 Å². The Labute approximate surface area is 218 Å². The number of sulfonamides is 1. The van der Waals surface area contributed by atoms with Gasteiger partial charge in [0.05, 0.1) is 4.90 Å². The molecule has 0 aromatic heterocycles. The number of hydrogen-bond donors (Lipinski definition) is 2. The van der Waals surface area contributed by atoms with Gasteiger partial charge in [-0.05, 0) is 42.5 Å². The van der Waals surface area contributed by atoms with Crippen molar-refractivity contribution in [2.45, 2.75) is 31.7 Å². The Morgan fingerprint density at radius 1 is 0.892 bits per heavy atom. The summed E-state index contributed by atoms with van der Waals surface area (Å²) in [6.07, 6.45) is 0. The first kappa shape index (κ1) is 26.6. The Bertz CT molecular complexity index is 1430. The van der Waals surface area contributed by atoms with Crippen LogP contribution < -0.4 is 10.0 Å². The molecule has 4 rings (SSSR count). The van der Waals surface area contributed by atoms with Crippen LogP contribution in [0.3, 0.4) is 0 Å². The zero-order chi connectivity index (χ0) is 26.9. The highest BCUT2D eigenvalue weighted by molar-refractivity contribution is 7.89. The Morgan fingerprint density at radius 3 is 2.11 bits per heavy atom. The van der Waals surface area contributed by atoms with Crippen molar-refractivity contribution in [1.29, 1.82) is 0 Å². The molecule has 196 valence electrons. The normalized spacial score (nSPS) is 20.0. The second-order valence-electron chi connectivity index (χ2n) is 10.1. The molecular formula is C28H34N4O4S. The van der Waals surface area contributed by atoms with Crippen LogP contribution in [0, 0.1) is 18.8 Å². The third-order valence-corrected chi connectivity index (χ3v) is 8.52. The fourth-order valence-corrected chi connectivity index (χ4v) is 6.77. The Balaban J connectivity index is 1.61. The number of amides is 3. The lowest BCUT2D eigenvalue weighted by Gasteiger charge is -2.42. The number of carbonyl (C=O) groups excluding carboxylic acids is 2. The van der Waals surface area contributed by atoms with Crippen molar-refractivity contribution in [1.82, 2.24) is 14.5 Å². The molecule has 9 heteroatoms. The molecule has 1 fully saturated rings. The number of nitrogens with zero attached hydrogens (tertiary/aromatic N) is 2. The van der Waals surface area contributed by atoms with Gasteiger partial charge in [-0.25, -0.2) is 17.9 Å². The number of hydrogen-bond acceptors (Lipinski definition) is 4. The average Bonchev–Trinajstić information content (AvgIpc) is 2.85. The van der Waals surface area contributed by atoms with Crippen molar-refractivity contribution < 1.29 is 18.0 Å². The number of anilines is 1. The predicted octanol–water partition coefficient (Wildman–Crippen LogP) is 4.32. The van der Waals surface area contributed by atoms with Gasteiger partial charge >= 0.3 is 6.03 Å². The molecular weight excluding hydrogens is 488 g/mol. The summed E-state index contributed by atoms with van der Waals surface area (Å²) >= 11 is 0. The van der Waals surface area contributed by atoms with E-state index in [1.807, 2.05) is 45.0 Å². The first-order valence-electron chi connectivity index (χ1n) is 12.4. The molecule has 0 bridgehead atoms. The van der Waals surface area contributed by atoms with Crippen molar-refractivity contribution in [3.63, 3.8) is 0 Å². The molecule has 8 nitrogen and oxygen atoms in total. The van der Waals surface area contributed by atoms with E-state index in [1.165, 1.54) is 11.0 Å². The number of rotatable bonds is 5. The van der Waals surface area contributed by atoms with Crippen molar-refractivity contribution in [3.05, 3.63) is 71.8 Å². The molecule has 1 aliphatic heterocycles. The molecule has 0 radical (unpaired) electrons. The van der Waals surface area contributed by atoms with E-state index >= 15 is 0 Å². The predicted molar refractivity (Wildman–Crippen MR) is 146 cm³/mol. The lowest BCUT2D eigenvalue weighted by atomic mass is 9.87. The van der Waals surface area contributed by atoms with E-state index in [9.17, 15) is 18.0 Å². The summed E-state index contributed by atoms with van der Waals surface area (Å²) in [6.45, 7) is 6.73. The summed E-state index contributed by atoms with van der Waals surface area (Å²) < 4.78 is 30.2. The molecule has 2 N–H and O–H groups in total. The van der Waals surface area contributed by atoms with E-state index in [4.69, 9.17) is 0 Å². The van der Waals surface area contributed by atoms with Gasteiger partial charge in [-0.2, -0.15) is 0 Å². The van der Waals surface area contributed by atoms with Crippen molar-refractivity contribution in [2.75, 3.05) is 32.5 Å². The topological polar surface area (TPSA) is 98.8 Å². The van der Waals surface area contributed by atoms with Crippen molar-refractivity contribution in [2.24, 2.45) is 11.8 Å². The molecule has 3 aromatic rings. The highest BCUT2D eigenvalue weighted by Crippen LogP contribution is 2.31. The summed E-state index contributed by atoms with van der Waals surface area (Å²) in [5.74, 6) is -0.388. The van der Waals surface area contributed by atoms with Crippen LogP contribution in [0.5, 0.6) is 0 Å². The quantitative estimate of drug-likeness (QED) is 0.522. The SMILES string of the molecule is Cc1ccccc1C(=O)Nc1ccc(S(=O)(=O)NC2C(C)CN(C(=O)N(C)C)CC2C)c2ccccc12. The molecule has 3 aromatic carbocycles. The van der Waals surface area contributed by atoms with Gasteiger partial charge in [-0.15, -0.1) is 0 Å². The van der Waals surface area contributed by atoms with Crippen LogP contribution in [-0.2, 0) is 10.0 Å². The van der Waals surface area contributed by atoms with E-state index in [-0.39, 0.29) is 34.7 Å². The minimum Gasteiger partial charge on any atom is -0.331 e. The van der Waals surface area contributed by atoms with Crippen LogP contribution in [0.15, 0.2) is 65.6 Å². The van der Waals surface area contributed by atoms with Crippen molar-refractivity contribution in [3.8, 4) is 0 Å². The largest absolute Gasteiger partial charge is 0.331 e. The number of fused-ring (bicyclic) bond motifs is 1. The van der Waals surface area contributed by atoms with Gasteiger partial charge in [-0.1, -0.05) is 56.3 Å². The zero-order valence-electron chi connectivity index (χ0n) is 21.9. The van der Waals surface area contributed by atoms with E-state index in [1.54, 1.807) is 49.3 Å². The molecule has 2 unspecified atom stereocenters. The molecule has 1 heterocycles.